The molecule has 1 amide bonds. The van der Waals surface area contributed by atoms with Crippen LogP contribution in [0, 0.1) is 5.92 Å². The van der Waals surface area contributed by atoms with Crippen molar-refractivity contribution in [1.82, 2.24) is 9.80 Å². The third-order valence-corrected chi connectivity index (χ3v) is 6.00. The Balaban J connectivity index is 1.49. The first-order valence-corrected chi connectivity index (χ1v) is 9.21. The van der Waals surface area contributed by atoms with Crippen molar-refractivity contribution >= 4 is 17.2 Å². The fourth-order valence-corrected chi connectivity index (χ4v) is 4.55. The second-order valence-electron chi connectivity index (χ2n) is 6.74. The normalized spacial score (nSPS) is 25.3. The summed E-state index contributed by atoms with van der Waals surface area (Å²) in [5, 5.41) is 12.2. The molecule has 3 rings (SSSR count). The molecule has 4 nitrogen and oxygen atoms in total. The van der Waals surface area contributed by atoms with Gasteiger partial charge in [-0.3, -0.25) is 9.69 Å². The van der Waals surface area contributed by atoms with E-state index in [1.165, 1.54) is 16.9 Å². The van der Waals surface area contributed by atoms with Crippen LogP contribution in [0.2, 0.25) is 0 Å². The minimum absolute atomic E-state index is 0.186. The molecule has 1 aliphatic heterocycles. The lowest BCUT2D eigenvalue weighted by Crippen LogP contribution is -2.43. The van der Waals surface area contributed by atoms with Gasteiger partial charge >= 0.3 is 0 Å². The number of aliphatic hydroxyl groups excluding tert-OH is 1. The molecule has 2 heterocycles. The van der Waals surface area contributed by atoms with E-state index in [1.54, 1.807) is 11.3 Å². The molecule has 1 N–H and O–H groups in total. The van der Waals surface area contributed by atoms with E-state index >= 15 is 0 Å². The summed E-state index contributed by atoms with van der Waals surface area (Å²) in [6.07, 6.45) is 5.15. The van der Waals surface area contributed by atoms with Gasteiger partial charge in [0.1, 0.15) is 0 Å². The standard InChI is InChI=1S/C17H26N2O2S/c1-18(10-13-4-2-3-5-15(13)20)12-17(21)19-8-6-16-14(11-19)7-9-22-16/h7,9,13,15,20H,2-6,8,10-12H2,1H3. The molecule has 0 saturated heterocycles. The van der Waals surface area contributed by atoms with Crippen LogP contribution in [0.25, 0.3) is 0 Å². The third-order valence-electron chi connectivity index (χ3n) is 4.98. The van der Waals surface area contributed by atoms with E-state index in [9.17, 15) is 9.90 Å². The molecule has 0 bridgehead atoms. The van der Waals surface area contributed by atoms with Gasteiger partial charge in [-0.1, -0.05) is 12.8 Å². The van der Waals surface area contributed by atoms with Gasteiger partial charge in [0.2, 0.25) is 5.91 Å². The summed E-state index contributed by atoms with van der Waals surface area (Å²) < 4.78 is 0. The number of fused-ring (bicyclic) bond motifs is 1. The van der Waals surface area contributed by atoms with Gasteiger partial charge in [-0.25, -0.2) is 0 Å². The van der Waals surface area contributed by atoms with E-state index in [0.717, 1.165) is 45.3 Å². The highest BCUT2D eigenvalue weighted by atomic mass is 32.1. The molecule has 122 valence electrons. The number of carbonyl (C=O) groups excluding carboxylic acids is 1. The first-order chi connectivity index (χ1) is 10.6. The first-order valence-electron chi connectivity index (χ1n) is 8.33. The maximum absolute atomic E-state index is 12.5. The molecule has 2 aliphatic rings. The molecular formula is C17H26N2O2S. The summed E-state index contributed by atoms with van der Waals surface area (Å²) in [5.74, 6) is 0.543. The number of carbonyl (C=O) groups is 1. The molecule has 0 radical (unpaired) electrons. The molecular weight excluding hydrogens is 296 g/mol. The molecule has 5 heteroatoms. The van der Waals surface area contributed by atoms with Crippen LogP contribution in [0.4, 0.5) is 0 Å². The fourth-order valence-electron chi connectivity index (χ4n) is 3.66. The summed E-state index contributed by atoms with van der Waals surface area (Å²) in [4.78, 5) is 18.0. The van der Waals surface area contributed by atoms with Crippen LogP contribution < -0.4 is 0 Å². The quantitative estimate of drug-likeness (QED) is 0.923. The highest BCUT2D eigenvalue weighted by molar-refractivity contribution is 7.10. The Morgan fingerprint density at radius 1 is 1.45 bits per heavy atom. The van der Waals surface area contributed by atoms with E-state index in [-0.39, 0.29) is 12.0 Å². The number of rotatable bonds is 4. The molecule has 1 saturated carbocycles. The maximum Gasteiger partial charge on any atom is 0.237 e. The SMILES string of the molecule is CN(CC(=O)N1CCc2sccc2C1)CC1CCCCC1O. The number of nitrogens with zero attached hydrogens (tertiary/aromatic N) is 2. The van der Waals surface area contributed by atoms with Crippen LogP contribution in [0.1, 0.15) is 36.1 Å². The Labute approximate surface area is 136 Å². The van der Waals surface area contributed by atoms with E-state index in [2.05, 4.69) is 16.3 Å². The Bertz CT molecular complexity index is 517. The molecule has 1 aliphatic carbocycles. The summed E-state index contributed by atoms with van der Waals surface area (Å²) in [7, 11) is 2.00. The Morgan fingerprint density at radius 3 is 3.09 bits per heavy atom. The number of hydrogen-bond donors (Lipinski definition) is 1. The van der Waals surface area contributed by atoms with Gasteiger partial charge in [-0.15, -0.1) is 11.3 Å². The largest absolute Gasteiger partial charge is 0.393 e. The molecule has 2 unspecified atom stereocenters. The van der Waals surface area contributed by atoms with E-state index in [4.69, 9.17) is 0 Å². The lowest BCUT2D eigenvalue weighted by atomic mass is 9.86. The predicted molar refractivity (Wildman–Crippen MR) is 88.9 cm³/mol. The van der Waals surface area contributed by atoms with Gasteiger partial charge in [0.15, 0.2) is 0 Å². The number of hydrogen-bond acceptors (Lipinski definition) is 4. The van der Waals surface area contributed by atoms with Crippen molar-refractivity contribution in [3.05, 3.63) is 21.9 Å². The van der Waals surface area contributed by atoms with E-state index in [1.807, 2.05) is 11.9 Å². The van der Waals surface area contributed by atoms with Crippen molar-refractivity contribution in [1.29, 1.82) is 0 Å². The number of amides is 1. The highest BCUT2D eigenvalue weighted by Gasteiger charge is 2.26. The van der Waals surface area contributed by atoms with Crippen LogP contribution in [-0.2, 0) is 17.8 Å². The molecule has 0 aromatic carbocycles. The van der Waals surface area contributed by atoms with Crippen LogP contribution in [0.15, 0.2) is 11.4 Å². The smallest absolute Gasteiger partial charge is 0.237 e. The maximum atomic E-state index is 12.5. The van der Waals surface area contributed by atoms with Crippen LogP contribution in [-0.4, -0.2) is 53.6 Å². The summed E-state index contributed by atoms with van der Waals surface area (Å²) in [6.45, 7) is 2.89. The predicted octanol–water partition coefficient (Wildman–Crippen LogP) is 2.12. The minimum Gasteiger partial charge on any atom is -0.393 e. The van der Waals surface area contributed by atoms with Crippen LogP contribution >= 0.6 is 11.3 Å². The Morgan fingerprint density at radius 2 is 2.27 bits per heavy atom. The molecule has 22 heavy (non-hydrogen) atoms. The number of likely N-dealkylation sites (N-methyl/N-ethyl adjacent to an activating group) is 1. The van der Waals surface area contributed by atoms with Gasteiger partial charge in [0, 0.05) is 24.5 Å². The summed E-state index contributed by atoms with van der Waals surface area (Å²) in [6, 6.07) is 2.14. The monoisotopic (exact) mass is 322 g/mol. The average molecular weight is 322 g/mol. The lowest BCUT2D eigenvalue weighted by Gasteiger charge is -2.33. The summed E-state index contributed by atoms with van der Waals surface area (Å²) in [5.41, 5.74) is 1.31. The molecule has 1 aromatic heterocycles. The van der Waals surface area contributed by atoms with Crippen molar-refractivity contribution in [3.63, 3.8) is 0 Å². The van der Waals surface area contributed by atoms with Crippen molar-refractivity contribution in [3.8, 4) is 0 Å². The highest BCUT2D eigenvalue weighted by Crippen LogP contribution is 2.26. The van der Waals surface area contributed by atoms with Crippen molar-refractivity contribution in [2.45, 2.75) is 44.8 Å². The zero-order chi connectivity index (χ0) is 15.5. The van der Waals surface area contributed by atoms with Gasteiger partial charge in [-0.2, -0.15) is 0 Å². The van der Waals surface area contributed by atoms with E-state index in [0.29, 0.717) is 12.5 Å². The lowest BCUT2D eigenvalue weighted by molar-refractivity contribution is -0.133. The van der Waals surface area contributed by atoms with Crippen molar-refractivity contribution < 1.29 is 9.90 Å². The van der Waals surface area contributed by atoms with Crippen LogP contribution in [0.5, 0.6) is 0 Å². The molecule has 2 atom stereocenters. The topological polar surface area (TPSA) is 43.8 Å². The van der Waals surface area contributed by atoms with E-state index < -0.39 is 0 Å². The van der Waals surface area contributed by atoms with Gasteiger partial charge in [-0.05, 0) is 49.2 Å². The first kappa shape index (κ1) is 16.0. The van der Waals surface area contributed by atoms with Crippen LogP contribution in [0.3, 0.4) is 0 Å². The van der Waals surface area contributed by atoms with Gasteiger partial charge in [0.05, 0.1) is 12.6 Å². The second kappa shape index (κ2) is 7.11. The zero-order valence-corrected chi connectivity index (χ0v) is 14.1. The second-order valence-corrected chi connectivity index (χ2v) is 7.74. The summed E-state index contributed by atoms with van der Waals surface area (Å²) >= 11 is 1.80. The Kier molecular flexibility index (Phi) is 5.16. The van der Waals surface area contributed by atoms with Crippen molar-refractivity contribution in [2.24, 2.45) is 5.92 Å². The number of thiophene rings is 1. The van der Waals surface area contributed by atoms with Gasteiger partial charge < -0.3 is 10.0 Å². The zero-order valence-electron chi connectivity index (χ0n) is 13.3. The minimum atomic E-state index is -0.186. The van der Waals surface area contributed by atoms with Crippen molar-refractivity contribution in [2.75, 3.05) is 26.7 Å². The van der Waals surface area contributed by atoms with Gasteiger partial charge in [0.25, 0.3) is 0 Å². The average Bonchev–Trinajstić information content (AvgIpc) is 2.97. The molecule has 0 spiro atoms. The number of aliphatic hydroxyl groups is 1. The third kappa shape index (κ3) is 3.70. The molecule has 1 fully saturated rings. The fraction of sp³-hybridized carbons (Fsp3) is 0.706. The molecule has 1 aromatic rings. The Hall–Kier alpha value is -0.910.